The number of hydrogen-bond donors (Lipinski definition) is 3. The number of carbonyl (C=O) groups excluding carboxylic acids is 4. The first kappa shape index (κ1) is 34.4. The molecule has 0 spiro atoms. The highest BCUT2D eigenvalue weighted by molar-refractivity contribution is 6.30. The summed E-state index contributed by atoms with van der Waals surface area (Å²) in [5.41, 5.74) is 0.780. The van der Waals surface area contributed by atoms with E-state index in [2.05, 4.69) is 16.0 Å². The predicted molar refractivity (Wildman–Crippen MR) is 153 cm³/mol. The Hall–Kier alpha value is -4.13. The van der Waals surface area contributed by atoms with E-state index in [0.717, 1.165) is 5.56 Å². The fourth-order valence-corrected chi connectivity index (χ4v) is 4.62. The summed E-state index contributed by atoms with van der Waals surface area (Å²) in [6, 6.07) is 4.39. The zero-order valence-electron chi connectivity index (χ0n) is 23.9. The summed E-state index contributed by atoms with van der Waals surface area (Å²) < 4.78 is 65.2. The van der Waals surface area contributed by atoms with Gasteiger partial charge in [-0.15, -0.1) is 0 Å². The molecular weight excluding hydrogens is 610 g/mol. The number of amides is 3. The predicted octanol–water partition coefficient (Wildman–Crippen LogP) is 4.71. The highest BCUT2D eigenvalue weighted by Gasteiger charge is 2.34. The van der Waals surface area contributed by atoms with Gasteiger partial charge in [0.15, 0.2) is 23.2 Å². The van der Waals surface area contributed by atoms with Crippen LogP contribution in [0.3, 0.4) is 0 Å². The third kappa shape index (κ3) is 9.97. The first-order valence-corrected chi connectivity index (χ1v) is 14.2. The average molecular weight is 642 g/mol. The monoisotopic (exact) mass is 641 g/mol. The molecule has 3 unspecified atom stereocenters. The topological polar surface area (TPSA) is 123 Å². The highest BCUT2D eigenvalue weighted by Crippen LogP contribution is 2.27. The molecule has 3 rings (SSSR count). The van der Waals surface area contributed by atoms with E-state index in [1.807, 2.05) is 0 Å². The Morgan fingerprint density at radius 3 is 2.39 bits per heavy atom. The van der Waals surface area contributed by atoms with Gasteiger partial charge >= 0.3 is 6.09 Å². The zero-order valence-corrected chi connectivity index (χ0v) is 24.7. The number of carbonyl (C=O) groups is 4. The van der Waals surface area contributed by atoms with Crippen molar-refractivity contribution in [2.75, 3.05) is 19.8 Å². The molecule has 3 amide bonds. The molecule has 44 heavy (non-hydrogen) atoms. The SMILES string of the molecule is CC(C)CC(NC(=O)OCC=Cc1cccc(Cl)c1)C(=O)NC(CC1CCNC1=O)C(=O)COc1c(F)c(F)cc(F)c1F. The summed E-state index contributed by atoms with van der Waals surface area (Å²) in [7, 11) is 0. The van der Waals surface area contributed by atoms with Crippen molar-refractivity contribution in [2.24, 2.45) is 11.8 Å². The molecule has 3 atom stereocenters. The second-order valence-electron chi connectivity index (χ2n) is 10.5. The van der Waals surface area contributed by atoms with Crippen LogP contribution in [-0.4, -0.2) is 55.5 Å². The standard InChI is InChI=1S/C30H32ClF4N3O6/c1-16(2)11-23(38-30(42)43-10-4-6-17-5-3-7-19(31)12-17)29(41)37-22(13-18-8-9-36-28(18)40)24(39)15-44-27-25(34)20(32)14-21(33)26(27)35/h3-7,12,14,16,18,22-23H,8-11,13,15H2,1-2H3,(H,36,40)(H,37,41)(H,38,42). The lowest BCUT2D eigenvalue weighted by Crippen LogP contribution is -2.53. The second-order valence-corrected chi connectivity index (χ2v) is 10.9. The van der Waals surface area contributed by atoms with Crippen LogP contribution in [0.2, 0.25) is 5.02 Å². The molecular formula is C30H32ClF4N3O6. The quantitative estimate of drug-likeness (QED) is 0.203. The van der Waals surface area contributed by atoms with Gasteiger partial charge in [-0.3, -0.25) is 14.4 Å². The van der Waals surface area contributed by atoms with Crippen LogP contribution in [0.5, 0.6) is 5.75 Å². The molecule has 0 saturated carbocycles. The van der Waals surface area contributed by atoms with Crippen molar-refractivity contribution in [2.45, 2.75) is 45.2 Å². The first-order chi connectivity index (χ1) is 20.8. The Morgan fingerprint density at radius 2 is 1.77 bits per heavy atom. The fourth-order valence-electron chi connectivity index (χ4n) is 4.42. The van der Waals surface area contributed by atoms with E-state index >= 15 is 0 Å². The minimum atomic E-state index is -1.84. The van der Waals surface area contributed by atoms with Crippen LogP contribution in [0.25, 0.3) is 6.08 Å². The fraction of sp³-hybridized carbons (Fsp3) is 0.400. The molecule has 14 heteroatoms. The van der Waals surface area contributed by atoms with Gasteiger partial charge in [0.05, 0.1) is 6.04 Å². The smallest absolute Gasteiger partial charge is 0.408 e. The van der Waals surface area contributed by atoms with Crippen LogP contribution in [-0.2, 0) is 19.1 Å². The summed E-state index contributed by atoms with van der Waals surface area (Å²) in [4.78, 5) is 51.0. The van der Waals surface area contributed by atoms with Crippen LogP contribution < -0.4 is 20.7 Å². The second kappa shape index (κ2) is 16.1. The van der Waals surface area contributed by atoms with Crippen LogP contribution in [0.1, 0.15) is 38.7 Å². The number of nitrogens with one attached hydrogen (secondary N) is 3. The van der Waals surface area contributed by atoms with Crippen molar-refractivity contribution in [3.05, 3.63) is 70.3 Å². The van der Waals surface area contributed by atoms with Gasteiger partial charge in [0.25, 0.3) is 0 Å². The lowest BCUT2D eigenvalue weighted by Gasteiger charge is -2.25. The molecule has 1 fully saturated rings. The summed E-state index contributed by atoms with van der Waals surface area (Å²) in [5, 5.41) is 8.07. The van der Waals surface area contributed by atoms with Crippen molar-refractivity contribution in [1.82, 2.24) is 16.0 Å². The van der Waals surface area contributed by atoms with Gasteiger partial charge < -0.3 is 25.4 Å². The Bertz CT molecular complexity index is 1380. The van der Waals surface area contributed by atoms with Crippen LogP contribution in [0.15, 0.2) is 36.4 Å². The third-order valence-corrected chi connectivity index (χ3v) is 6.84. The van der Waals surface area contributed by atoms with Gasteiger partial charge in [-0.25, -0.2) is 13.6 Å². The molecule has 238 valence electrons. The molecule has 1 aliphatic rings. The molecule has 2 aromatic carbocycles. The zero-order chi connectivity index (χ0) is 32.4. The number of ether oxygens (including phenoxy) is 2. The molecule has 0 bridgehead atoms. The number of hydrogen-bond acceptors (Lipinski definition) is 6. The number of Topliss-reactive ketones (excluding diaryl/α,β-unsaturated/α-hetero) is 1. The number of alkyl carbamates (subject to hydrolysis) is 1. The first-order valence-electron chi connectivity index (χ1n) is 13.8. The van der Waals surface area contributed by atoms with E-state index in [-0.39, 0.29) is 37.3 Å². The van der Waals surface area contributed by atoms with Gasteiger partial charge in [0.2, 0.25) is 23.4 Å². The maximum atomic E-state index is 14.0. The minimum absolute atomic E-state index is 0.0104. The largest absolute Gasteiger partial charge is 0.479 e. The Labute approximate surface area is 256 Å². The lowest BCUT2D eigenvalue weighted by molar-refractivity contribution is -0.131. The van der Waals surface area contributed by atoms with E-state index < -0.39 is 71.4 Å². The number of benzene rings is 2. The minimum Gasteiger partial charge on any atom is -0.479 e. The maximum absolute atomic E-state index is 14.0. The van der Waals surface area contributed by atoms with E-state index in [1.54, 1.807) is 50.3 Å². The molecule has 0 aromatic heterocycles. The van der Waals surface area contributed by atoms with Gasteiger partial charge in [-0.05, 0) is 49.0 Å². The number of rotatable bonds is 14. The van der Waals surface area contributed by atoms with Crippen molar-refractivity contribution < 1.29 is 46.2 Å². The van der Waals surface area contributed by atoms with Gasteiger partial charge in [0.1, 0.15) is 19.3 Å². The van der Waals surface area contributed by atoms with Crippen molar-refractivity contribution in [3.63, 3.8) is 0 Å². The molecule has 0 aliphatic carbocycles. The van der Waals surface area contributed by atoms with Crippen LogP contribution in [0, 0.1) is 35.1 Å². The maximum Gasteiger partial charge on any atom is 0.408 e. The molecule has 3 N–H and O–H groups in total. The van der Waals surface area contributed by atoms with Crippen molar-refractivity contribution >= 4 is 41.4 Å². The van der Waals surface area contributed by atoms with E-state index in [0.29, 0.717) is 18.0 Å². The van der Waals surface area contributed by atoms with E-state index in [1.165, 1.54) is 0 Å². The van der Waals surface area contributed by atoms with Gasteiger partial charge in [-0.1, -0.05) is 43.7 Å². The highest BCUT2D eigenvalue weighted by atomic mass is 35.5. The molecule has 1 saturated heterocycles. The molecule has 1 heterocycles. The van der Waals surface area contributed by atoms with E-state index in [4.69, 9.17) is 21.1 Å². The van der Waals surface area contributed by atoms with Gasteiger partial charge in [-0.2, -0.15) is 8.78 Å². The average Bonchev–Trinajstić information content (AvgIpc) is 3.37. The molecule has 0 radical (unpaired) electrons. The lowest BCUT2D eigenvalue weighted by atomic mass is 9.95. The summed E-state index contributed by atoms with van der Waals surface area (Å²) in [5.74, 6) is -11.4. The normalized spacial score (nSPS) is 16.0. The summed E-state index contributed by atoms with van der Waals surface area (Å²) in [6.07, 6.45) is 2.63. The van der Waals surface area contributed by atoms with Crippen LogP contribution in [0.4, 0.5) is 22.4 Å². The van der Waals surface area contributed by atoms with Crippen molar-refractivity contribution in [3.8, 4) is 5.75 Å². The molecule has 2 aromatic rings. The van der Waals surface area contributed by atoms with E-state index in [9.17, 15) is 36.7 Å². The Morgan fingerprint density at radius 1 is 1.07 bits per heavy atom. The number of ketones is 1. The summed E-state index contributed by atoms with van der Waals surface area (Å²) in [6.45, 7) is 2.71. The molecule has 9 nitrogen and oxygen atoms in total. The van der Waals surface area contributed by atoms with Crippen molar-refractivity contribution in [1.29, 1.82) is 0 Å². The Kier molecular flexibility index (Phi) is 12.6. The molecule has 1 aliphatic heterocycles. The third-order valence-electron chi connectivity index (χ3n) is 6.60. The summed E-state index contributed by atoms with van der Waals surface area (Å²) >= 11 is 5.94. The van der Waals surface area contributed by atoms with Gasteiger partial charge in [0, 0.05) is 23.6 Å². The number of halogens is 5. The van der Waals surface area contributed by atoms with Crippen LogP contribution >= 0.6 is 11.6 Å². The Balaban J connectivity index is 1.68.